The van der Waals surface area contributed by atoms with E-state index in [1.165, 1.54) is 39.9 Å². The summed E-state index contributed by atoms with van der Waals surface area (Å²) in [5, 5.41) is 0. The largest absolute Gasteiger partial charge is 0.454 e. The molecule has 3 heterocycles. The van der Waals surface area contributed by atoms with Crippen LogP contribution in [0.25, 0.3) is 10.2 Å². The summed E-state index contributed by atoms with van der Waals surface area (Å²) in [6, 6.07) is 17.3. The monoisotopic (exact) mass is 507 g/mol. The van der Waals surface area contributed by atoms with Gasteiger partial charge in [0.1, 0.15) is 0 Å². The zero-order chi connectivity index (χ0) is 24.2. The van der Waals surface area contributed by atoms with Crippen LogP contribution in [0.3, 0.4) is 0 Å². The van der Waals surface area contributed by atoms with Crippen molar-refractivity contribution < 1.29 is 22.7 Å². The molecule has 0 aliphatic carbocycles. The molecule has 3 aromatic carbocycles. The van der Waals surface area contributed by atoms with Gasteiger partial charge in [0, 0.05) is 31.3 Å². The quantitative estimate of drug-likeness (QED) is 0.420. The van der Waals surface area contributed by atoms with Crippen molar-refractivity contribution in [1.29, 1.82) is 0 Å². The number of benzene rings is 3. The lowest BCUT2D eigenvalue weighted by Crippen LogP contribution is -2.35. The van der Waals surface area contributed by atoms with E-state index in [0.717, 1.165) is 28.6 Å². The summed E-state index contributed by atoms with van der Waals surface area (Å²) in [6.45, 7) is 0.624. The van der Waals surface area contributed by atoms with Gasteiger partial charge in [-0.25, -0.2) is 8.42 Å². The fourth-order valence-electron chi connectivity index (χ4n) is 4.42. The van der Waals surface area contributed by atoms with Crippen LogP contribution in [0.2, 0.25) is 0 Å². The Bertz CT molecular complexity index is 1650. The molecule has 2 aliphatic heterocycles. The van der Waals surface area contributed by atoms with Crippen LogP contribution in [0.1, 0.15) is 22.3 Å². The Morgan fingerprint density at radius 1 is 1.03 bits per heavy atom. The SMILES string of the molecule is Cn1c(=NC(=O)c2ccc(S(=O)(=O)N3CCCc4ccccc43)cc2)sc2cc3c(cc21)OCO3. The van der Waals surface area contributed by atoms with Crippen molar-refractivity contribution in [2.75, 3.05) is 17.6 Å². The van der Waals surface area contributed by atoms with E-state index in [2.05, 4.69) is 4.99 Å². The number of hydrogen-bond acceptors (Lipinski definition) is 6. The number of para-hydroxylation sites is 1. The fraction of sp³-hybridized carbons (Fsp3) is 0.200. The topological polar surface area (TPSA) is 90.2 Å². The molecular formula is C25H21N3O5S2. The number of nitrogens with zero attached hydrogens (tertiary/aromatic N) is 3. The number of carbonyl (C=O) groups excluding carboxylic acids is 1. The van der Waals surface area contributed by atoms with Crippen LogP contribution in [-0.4, -0.2) is 32.2 Å². The van der Waals surface area contributed by atoms with Crippen LogP contribution < -0.4 is 18.6 Å². The zero-order valence-electron chi connectivity index (χ0n) is 18.8. The molecule has 4 aromatic rings. The number of thiazole rings is 1. The van der Waals surface area contributed by atoms with Gasteiger partial charge in [-0.15, -0.1) is 0 Å². The van der Waals surface area contributed by atoms with Gasteiger partial charge in [-0.1, -0.05) is 29.5 Å². The Balaban J connectivity index is 1.30. The fourth-order valence-corrected chi connectivity index (χ4v) is 6.99. The van der Waals surface area contributed by atoms with E-state index < -0.39 is 15.9 Å². The molecule has 0 saturated heterocycles. The Morgan fingerprint density at radius 2 is 1.77 bits per heavy atom. The van der Waals surface area contributed by atoms with Gasteiger partial charge in [0.25, 0.3) is 15.9 Å². The molecule has 2 aliphatic rings. The Hall–Kier alpha value is -3.63. The van der Waals surface area contributed by atoms with Crippen LogP contribution in [0.15, 0.2) is 70.6 Å². The van der Waals surface area contributed by atoms with Gasteiger partial charge >= 0.3 is 0 Å². The Morgan fingerprint density at radius 3 is 2.57 bits per heavy atom. The Kier molecular flexibility index (Phi) is 5.15. The molecule has 0 unspecified atom stereocenters. The molecular weight excluding hydrogens is 486 g/mol. The van der Waals surface area contributed by atoms with Crippen molar-refractivity contribution in [2.24, 2.45) is 12.0 Å². The van der Waals surface area contributed by atoms with Crippen molar-refractivity contribution in [3.8, 4) is 11.5 Å². The number of aryl methyl sites for hydroxylation is 2. The molecule has 0 saturated carbocycles. The van der Waals surface area contributed by atoms with Crippen molar-refractivity contribution in [1.82, 2.24) is 4.57 Å². The summed E-state index contributed by atoms with van der Waals surface area (Å²) in [7, 11) is -1.91. The lowest BCUT2D eigenvalue weighted by Gasteiger charge is -2.30. The molecule has 0 N–H and O–H groups in total. The van der Waals surface area contributed by atoms with Crippen molar-refractivity contribution in [2.45, 2.75) is 17.7 Å². The summed E-state index contributed by atoms with van der Waals surface area (Å²) in [6.07, 6.45) is 1.62. The number of amides is 1. The number of fused-ring (bicyclic) bond motifs is 3. The number of aromatic nitrogens is 1. The lowest BCUT2D eigenvalue weighted by atomic mass is 10.0. The molecule has 6 rings (SSSR count). The van der Waals surface area contributed by atoms with Gasteiger partial charge in [0.05, 0.1) is 20.8 Å². The highest BCUT2D eigenvalue weighted by Crippen LogP contribution is 2.37. The van der Waals surface area contributed by atoms with Crippen LogP contribution in [0, 0.1) is 0 Å². The van der Waals surface area contributed by atoms with E-state index in [1.54, 1.807) is 0 Å². The maximum absolute atomic E-state index is 13.3. The highest BCUT2D eigenvalue weighted by molar-refractivity contribution is 7.92. The normalized spacial score (nSPS) is 15.5. The predicted octanol–water partition coefficient (Wildman–Crippen LogP) is 3.85. The maximum Gasteiger partial charge on any atom is 0.279 e. The van der Waals surface area contributed by atoms with Crippen LogP contribution >= 0.6 is 11.3 Å². The first kappa shape index (κ1) is 21.9. The van der Waals surface area contributed by atoms with Gasteiger partial charge in [-0.05, 0) is 48.7 Å². The molecule has 0 bridgehead atoms. The smallest absolute Gasteiger partial charge is 0.279 e. The molecule has 0 fully saturated rings. The minimum absolute atomic E-state index is 0.146. The second-order valence-corrected chi connectivity index (χ2v) is 11.2. The zero-order valence-corrected chi connectivity index (χ0v) is 20.4. The minimum atomic E-state index is -3.74. The molecule has 0 spiro atoms. The average molecular weight is 508 g/mol. The molecule has 8 nitrogen and oxygen atoms in total. The van der Waals surface area contributed by atoms with Gasteiger partial charge < -0.3 is 14.0 Å². The highest BCUT2D eigenvalue weighted by atomic mass is 32.2. The van der Waals surface area contributed by atoms with E-state index >= 15 is 0 Å². The van der Waals surface area contributed by atoms with E-state index in [9.17, 15) is 13.2 Å². The number of carbonyl (C=O) groups is 1. The maximum atomic E-state index is 13.3. The van der Waals surface area contributed by atoms with Gasteiger partial charge in [0.2, 0.25) is 6.79 Å². The Labute approximate surface area is 205 Å². The van der Waals surface area contributed by atoms with E-state index in [1.807, 2.05) is 48.0 Å². The van der Waals surface area contributed by atoms with E-state index in [4.69, 9.17) is 9.47 Å². The standard InChI is InChI=1S/C25H21N3O5S2/c1-27-20-13-21-22(33-15-32-21)14-23(20)34-25(27)26-24(29)17-8-10-18(11-9-17)35(30,31)28-12-4-6-16-5-2-3-7-19(16)28/h2-3,5,7-11,13-14H,4,6,12,15H2,1H3. The summed E-state index contributed by atoms with van der Waals surface area (Å²) in [4.78, 5) is 17.8. The van der Waals surface area contributed by atoms with E-state index in [-0.39, 0.29) is 11.7 Å². The van der Waals surface area contributed by atoms with Gasteiger partial charge in [-0.3, -0.25) is 9.10 Å². The summed E-state index contributed by atoms with van der Waals surface area (Å²) < 4.78 is 41.8. The number of anilines is 1. The summed E-state index contributed by atoms with van der Waals surface area (Å²) in [5.41, 5.74) is 2.93. The second-order valence-electron chi connectivity index (χ2n) is 8.37. The summed E-state index contributed by atoms with van der Waals surface area (Å²) >= 11 is 1.37. The first-order valence-corrected chi connectivity index (χ1v) is 13.4. The first-order valence-electron chi connectivity index (χ1n) is 11.1. The molecule has 1 amide bonds. The third kappa shape index (κ3) is 3.69. The molecule has 10 heteroatoms. The number of rotatable bonds is 3. The van der Waals surface area contributed by atoms with Crippen molar-refractivity contribution in [3.05, 3.63) is 76.6 Å². The van der Waals surface area contributed by atoms with Crippen LogP contribution in [-0.2, 0) is 23.5 Å². The second kappa shape index (κ2) is 8.24. The number of sulfonamides is 1. The molecule has 0 atom stereocenters. The predicted molar refractivity (Wildman–Crippen MR) is 133 cm³/mol. The van der Waals surface area contributed by atoms with Crippen molar-refractivity contribution in [3.63, 3.8) is 0 Å². The van der Waals surface area contributed by atoms with Crippen LogP contribution in [0.4, 0.5) is 5.69 Å². The number of hydrogen-bond donors (Lipinski definition) is 0. The highest BCUT2D eigenvalue weighted by Gasteiger charge is 2.29. The third-order valence-electron chi connectivity index (χ3n) is 6.26. The van der Waals surface area contributed by atoms with Crippen molar-refractivity contribution >= 4 is 43.2 Å². The lowest BCUT2D eigenvalue weighted by molar-refractivity contribution is 0.0998. The third-order valence-corrected chi connectivity index (χ3v) is 9.18. The van der Waals surface area contributed by atoms with Gasteiger partial charge in [0.15, 0.2) is 16.3 Å². The summed E-state index contributed by atoms with van der Waals surface area (Å²) in [5.74, 6) is 0.890. The average Bonchev–Trinajstić information content (AvgIpc) is 3.46. The molecule has 0 radical (unpaired) electrons. The molecule has 35 heavy (non-hydrogen) atoms. The minimum Gasteiger partial charge on any atom is -0.454 e. The van der Waals surface area contributed by atoms with Crippen LogP contribution in [0.5, 0.6) is 11.5 Å². The van der Waals surface area contributed by atoms with Gasteiger partial charge in [-0.2, -0.15) is 4.99 Å². The molecule has 1 aromatic heterocycles. The first-order chi connectivity index (χ1) is 16.9. The molecule has 178 valence electrons. The number of ether oxygens (including phenoxy) is 2. The van der Waals surface area contributed by atoms with E-state index in [0.29, 0.717) is 34.1 Å².